The number of ether oxygens (including phenoxy) is 5. The Hall–Kier alpha value is -1.29. The Morgan fingerprint density at radius 1 is 0.946 bits per heavy atom. The van der Waals surface area contributed by atoms with Gasteiger partial charge in [-0.3, -0.25) is 4.55 Å². The number of aliphatic hydroxyl groups excluding tert-OH is 7. The fraction of sp³-hybridized carbons (Fsp3) is 0.897. The molecule has 0 unspecified atom stereocenters. The molecular formula is C39H62O16S. The summed E-state index contributed by atoms with van der Waals surface area (Å²) in [7, 11) is -4.76. The lowest BCUT2D eigenvalue weighted by molar-refractivity contribution is -0.318. The highest BCUT2D eigenvalue weighted by atomic mass is 32.3. The van der Waals surface area contributed by atoms with Gasteiger partial charge in [0.2, 0.25) is 0 Å². The SMILES string of the molecule is CC1=C(CC[C@H](C)CO[C@@H]2O[C@H](CO)[C@@H](O)[C@H](O)[C@H]2O)O[C@H]2C[C@H]3[C@@H]4CC=C5C[C@@H](OS(=O)(=O)O)C[C@@H](O[C@@H]6O[C@H](C)[C@H](O)[C@H](O)[C@H]6O)[C@]5(C)[C@H]4CC[C@]3(C)[C@@H]12. The number of hydrogen-bond donors (Lipinski definition) is 8. The van der Waals surface area contributed by atoms with Crippen LogP contribution in [0.5, 0.6) is 0 Å². The van der Waals surface area contributed by atoms with Crippen molar-refractivity contribution in [2.24, 2.45) is 40.4 Å². The second-order valence-corrected chi connectivity index (χ2v) is 19.3. The normalized spacial score (nSPS) is 49.7. The predicted molar refractivity (Wildman–Crippen MR) is 195 cm³/mol. The van der Waals surface area contributed by atoms with Crippen molar-refractivity contribution in [1.29, 1.82) is 0 Å². The Bertz CT molecular complexity index is 1600. The number of aliphatic hydroxyl groups is 7. The molecule has 56 heavy (non-hydrogen) atoms. The molecule has 3 aliphatic heterocycles. The molecule has 0 amide bonds. The van der Waals surface area contributed by atoms with E-state index in [4.69, 9.17) is 27.9 Å². The zero-order chi connectivity index (χ0) is 40.6. The average Bonchev–Trinajstić information content (AvgIpc) is 3.62. The molecule has 0 aromatic heterocycles. The van der Waals surface area contributed by atoms with Gasteiger partial charge in [0.1, 0.15) is 48.8 Å². The minimum atomic E-state index is -4.76. The van der Waals surface area contributed by atoms with Crippen molar-refractivity contribution in [2.75, 3.05) is 13.2 Å². The van der Waals surface area contributed by atoms with Gasteiger partial charge in [0.05, 0.1) is 37.3 Å². The predicted octanol–water partition coefficient (Wildman–Crippen LogP) is 1.09. The molecule has 0 bridgehead atoms. The first kappa shape index (κ1) is 42.8. The molecule has 7 aliphatic rings. The molecule has 0 radical (unpaired) electrons. The molecule has 0 aromatic rings. The Morgan fingerprint density at radius 2 is 1.64 bits per heavy atom. The molecule has 2 saturated heterocycles. The lowest BCUT2D eigenvalue weighted by Crippen LogP contribution is -2.61. The van der Waals surface area contributed by atoms with Crippen LogP contribution in [0.1, 0.15) is 86.0 Å². The van der Waals surface area contributed by atoms with E-state index in [2.05, 4.69) is 26.8 Å². The van der Waals surface area contributed by atoms with Gasteiger partial charge in [-0.05, 0) is 87.0 Å². The molecule has 5 fully saturated rings. The summed E-state index contributed by atoms with van der Waals surface area (Å²) in [4.78, 5) is 0. The lowest BCUT2D eigenvalue weighted by Gasteiger charge is -2.60. The number of allylic oxidation sites excluding steroid dienone is 2. The third-order valence-corrected chi connectivity index (χ3v) is 15.5. The summed E-state index contributed by atoms with van der Waals surface area (Å²) in [6.07, 6.45) is -7.10. The zero-order valence-corrected chi connectivity index (χ0v) is 33.6. The Morgan fingerprint density at radius 3 is 2.34 bits per heavy atom. The molecule has 7 rings (SSSR count). The highest BCUT2D eigenvalue weighted by Gasteiger charge is 2.65. The van der Waals surface area contributed by atoms with Gasteiger partial charge in [-0.25, -0.2) is 4.18 Å². The van der Waals surface area contributed by atoms with Crippen molar-refractivity contribution < 1.29 is 76.6 Å². The summed E-state index contributed by atoms with van der Waals surface area (Å²) in [5.74, 6) is 2.03. The maximum Gasteiger partial charge on any atom is 0.397 e. The van der Waals surface area contributed by atoms with Crippen molar-refractivity contribution in [3.8, 4) is 0 Å². The quantitative estimate of drug-likeness (QED) is 0.107. The molecule has 8 N–H and O–H groups in total. The number of fused-ring (bicyclic) bond motifs is 7. The fourth-order valence-electron chi connectivity index (χ4n) is 11.9. The van der Waals surface area contributed by atoms with Crippen LogP contribution in [0, 0.1) is 40.4 Å². The van der Waals surface area contributed by atoms with E-state index in [1.54, 1.807) is 6.92 Å². The van der Waals surface area contributed by atoms with Crippen LogP contribution in [0.4, 0.5) is 0 Å². The van der Waals surface area contributed by atoms with Gasteiger partial charge in [0.15, 0.2) is 12.6 Å². The molecule has 0 aromatic carbocycles. The molecule has 16 nitrogen and oxygen atoms in total. The van der Waals surface area contributed by atoms with Crippen LogP contribution in [-0.4, -0.2) is 142 Å². The molecule has 17 heteroatoms. The van der Waals surface area contributed by atoms with Gasteiger partial charge in [-0.15, -0.1) is 0 Å². The van der Waals surface area contributed by atoms with E-state index in [1.165, 1.54) is 5.57 Å². The van der Waals surface area contributed by atoms with Gasteiger partial charge < -0.3 is 59.4 Å². The van der Waals surface area contributed by atoms with E-state index in [9.17, 15) is 48.7 Å². The van der Waals surface area contributed by atoms with Crippen LogP contribution in [0.15, 0.2) is 23.0 Å². The standard InChI is InChI=1S/C39H62O16S/c1-17(16-50-36-34(45)33(44)31(42)27(15-40)53-36)6-9-25-18(2)29-26(52-25)14-24-22-8-7-20-12-21(55-56(47,48)49)13-28(39(20,5)23(22)10-11-38(24,29)4)54-37-35(46)32(43)30(41)19(3)51-37/h7,17,19,21-24,26-37,40-46H,6,8-16H2,1-5H3,(H,47,48,49)/t17-,19+,21+,22+,23-,24-,26-,27+,28+,29-,30-,31+,32-,33-,34+,35+,36+,37-,38-,39-/m0/s1. The fourth-order valence-corrected chi connectivity index (χ4v) is 12.4. The molecule has 4 aliphatic carbocycles. The third-order valence-electron chi connectivity index (χ3n) is 15.0. The molecule has 0 spiro atoms. The maximum atomic E-state index is 11.8. The van der Waals surface area contributed by atoms with Crippen LogP contribution >= 0.6 is 0 Å². The number of hydrogen-bond acceptors (Lipinski definition) is 15. The van der Waals surface area contributed by atoms with Crippen molar-refractivity contribution >= 4 is 10.4 Å². The first-order chi connectivity index (χ1) is 26.3. The van der Waals surface area contributed by atoms with Crippen LogP contribution in [0.2, 0.25) is 0 Å². The monoisotopic (exact) mass is 818 g/mol. The van der Waals surface area contributed by atoms with Crippen LogP contribution in [0.25, 0.3) is 0 Å². The summed E-state index contributed by atoms with van der Waals surface area (Å²) < 4.78 is 68.8. The van der Waals surface area contributed by atoms with Crippen LogP contribution in [0.3, 0.4) is 0 Å². The summed E-state index contributed by atoms with van der Waals surface area (Å²) in [6.45, 7) is 10.0. The Kier molecular flexibility index (Phi) is 12.2. The second kappa shape index (κ2) is 16.0. The molecule has 320 valence electrons. The van der Waals surface area contributed by atoms with Crippen LogP contribution < -0.4 is 0 Å². The second-order valence-electron chi connectivity index (χ2n) is 18.2. The lowest BCUT2D eigenvalue weighted by atomic mass is 9.46. The zero-order valence-electron chi connectivity index (χ0n) is 32.8. The Balaban J connectivity index is 1.04. The van der Waals surface area contributed by atoms with Gasteiger partial charge in [0, 0.05) is 24.2 Å². The largest absolute Gasteiger partial charge is 0.494 e. The highest BCUT2D eigenvalue weighted by Crippen LogP contribution is 2.69. The van der Waals surface area contributed by atoms with E-state index in [-0.39, 0.29) is 48.2 Å². The van der Waals surface area contributed by atoms with E-state index < -0.39 is 96.0 Å². The van der Waals surface area contributed by atoms with Crippen LogP contribution in [-0.2, 0) is 38.3 Å². The molecule has 20 atom stereocenters. The molecular weight excluding hydrogens is 756 g/mol. The van der Waals surface area contributed by atoms with E-state index >= 15 is 0 Å². The van der Waals surface area contributed by atoms with Gasteiger partial charge in [0.25, 0.3) is 0 Å². The minimum Gasteiger partial charge on any atom is -0.494 e. The molecule has 3 saturated carbocycles. The maximum absolute atomic E-state index is 11.8. The van der Waals surface area contributed by atoms with Gasteiger partial charge >= 0.3 is 10.4 Å². The molecule has 3 heterocycles. The number of rotatable bonds is 11. The third kappa shape index (κ3) is 7.54. The highest BCUT2D eigenvalue weighted by molar-refractivity contribution is 7.80. The summed E-state index contributed by atoms with van der Waals surface area (Å²) in [5.41, 5.74) is 1.61. The first-order valence-electron chi connectivity index (χ1n) is 20.3. The van der Waals surface area contributed by atoms with Crippen molar-refractivity contribution in [1.82, 2.24) is 0 Å². The van der Waals surface area contributed by atoms with E-state index in [0.717, 1.165) is 43.4 Å². The van der Waals surface area contributed by atoms with Gasteiger partial charge in [-0.1, -0.05) is 32.4 Å². The topological polar surface area (TPSA) is 251 Å². The summed E-state index contributed by atoms with van der Waals surface area (Å²) >= 11 is 0. The van der Waals surface area contributed by atoms with Gasteiger partial charge in [-0.2, -0.15) is 8.42 Å². The van der Waals surface area contributed by atoms with Crippen molar-refractivity contribution in [2.45, 2.75) is 166 Å². The minimum absolute atomic E-state index is 0.0306. The van der Waals surface area contributed by atoms with Crippen molar-refractivity contribution in [3.05, 3.63) is 23.0 Å². The van der Waals surface area contributed by atoms with E-state index in [1.807, 2.05) is 6.92 Å². The van der Waals surface area contributed by atoms with Crippen molar-refractivity contribution in [3.63, 3.8) is 0 Å². The summed E-state index contributed by atoms with van der Waals surface area (Å²) in [5, 5.41) is 71.8. The summed E-state index contributed by atoms with van der Waals surface area (Å²) in [6, 6.07) is 0. The average molecular weight is 819 g/mol. The first-order valence-corrected chi connectivity index (χ1v) is 21.6. The smallest absolute Gasteiger partial charge is 0.397 e. The Labute approximate surface area is 328 Å². The van der Waals surface area contributed by atoms with E-state index in [0.29, 0.717) is 18.8 Å².